The zero-order valence-corrected chi connectivity index (χ0v) is 10.9. The molecule has 102 valence electrons. The Morgan fingerprint density at radius 2 is 2.05 bits per heavy atom. The second-order valence-electron chi connectivity index (χ2n) is 4.99. The molecule has 0 saturated carbocycles. The van der Waals surface area contributed by atoms with Gasteiger partial charge >= 0.3 is 5.97 Å². The van der Waals surface area contributed by atoms with Crippen molar-refractivity contribution in [2.24, 2.45) is 5.92 Å². The summed E-state index contributed by atoms with van der Waals surface area (Å²) in [5.74, 6) is -0.888. The van der Waals surface area contributed by atoms with Crippen molar-refractivity contribution >= 4 is 11.9 Å². The lowest BCUT2D eigenvalue weighted by Crippen LogP contribution is -2.49. The van der Waals surface area contributed by atoms with E-state index < -0.39 is 18.1 Å². The quantitative estimate of drug-likeness (QED) is 0.856. The van der Waals surface area contributed by atoms with Crippen LogP contribution in [0.3, 0.4) is 0 Å². The number of amides is 1. The van der Waals surface area contributed by atoms with Crippen LogP contribution in [0.4, 0.5) is 0 Å². The van der Waals surface area contributed by atoms with E-state index in [9.17, 15) is 9.59 Å². The topological polar surface area (TPSA) is 75.6 Å². The SMILES string of the molecule is CC(C)[C@H](NC(=O)C1Cc2ccccc2O1)C(=O)O. The minimum atomic E-state index is -1.03. The van der Waals surface area contributed by atoms with E-state index in [1.54, 1.807) is 19.9 Å². The van der Waals surface area contributed by atoms with Crippen LogP contribution in [0.5, 0.6) is 5.75 Å². The van der Waals surface area contributed by atoms with Gasteiger partial charge in [0.2, 0.25) is 0 Å². The summed E-state index contributed by atoms with van der Waals surface area (Å²) >= 11 is 0. The van der Waals surface area contributed by atoms with Gasteiger partial charge in [-0.15, -0.1) is 0 Å². The number of fused-ring (bicyclic) bond motifs is 1. The van der Waals surface area contributed by atoms with Crippen LogP contribution in [-0.2, 0) is 16.0 Å². The second kappa shape index (κ2) is 5.30. The molecule has 2 rings (SSSR count). The molecule has 0 radical (unpaired) electrons. The highest BCUT2D eigenvalue weighted by Crippen LogP contribution is 2.28. The monoisotopic (exact) mass is 263 g/mol. The molecular formula is C14H17NO4. The lowest BCUT2D eigenvalue weighted by Gasteiger charge is -2.20. The fourth-order valence-corrected chi connectivity index (χ4v) is 2.09. The summed E-state index contributed by atoms with van der Waals surface area (Å²) in [6, 6.07) is 6.54. The van der Waals surface area contributed by atoms with E-state index in [-0.39, 0.29) is 11.8 Å². The predicted molar refractivity (Wildman–Crippen MR) is 69.0 cm³/mol. The Bertz CT molecular complexity index is 473. The van der Waals surface area contributed by atoms with E-state index in [0.29, 0.717) is 12.2 Å². The molecule has 1 heterocycles. The third-order valence-electron chi connectivity index (χ3n) is 3.17. The van der Waals surface area contributed by atoms with Gasteiger partial charge in [-0.05, 0) is 17.5 Å². The first-order valence-electron chi connectivity index (χ1n) is 6.26. The Labute approximate surface area is 111 Å². The third-order valence-corrected chi connectivity index (χ3v) is 3.17. The first-order chi connectivity index (χ1) is 8.99. The standard InChI is InChI=1S/C14H17NO4/c1-8(2)12(14(17)18)15-13(16)11-7-9-5-3-4-6-10(9)19-11/h3-6,8,11-12H,7H2,1-2H3,(H,15,16)(H,17,18)/t11?,12-/m0/s1. The van der Waals surface area contributed by atoms with Gasteiger partial charge in [0, 0.05) is 6.42 Å². The molecule has 1 aromatic rings. The van der Waals surface area contributed by atoms with Gasteiger partial charge in [0.1, 0.15) is 11.8 Å². The number of carboxylic acids is 1. The smallest absolute Gasteiger partial charge is 0.326 e. The van der Waals surface area contributed by atoms with Gasteiger partial charge in [-0.2, -0.15) is 0 Å². The summed E-state index contributed by atoms with van der Waals surface area (Å²) in [7, 11) is 0. The van der Waals surface area contributed by atoms with Crippen LogP contribution in [0.25, 0.3) is 0 Å². The minimum absolute atomic E-state index is 0.176. The summed E-state index contributed by atoms with van der Waals surface area (Å²) in [6.07, 6.45) is -0.162. The van der Waals surface area contributed by atoms with E-state index >= 15 is 0 Å². The van der Waals surface area contributed by atoms with E-state index in [2.05, 4.69) is 5.32 Å². The van der Waals surface area contributed by atoms with E-state index in [1.165, 1.54) is 0 Å². The number of hydrogen-bond donors (Lipinski definition) is 2. The number of carbonyl (C=O) groups is 2. The highest BCUT2D eigenvalue weighted by Gasteiger charge is 2.32. The molecule has 0 aromatic heterocycles. The lowest BCUT2D eigenvalue weighted by atomic mass is 10.0. The second-order valence-corrected chi connectivity index (χ2v) is 4.99. The molecule has 19 heavy (non-hydrogen) atoms. The number of para-hydroxylation sites is 1. The average molecular weight is 263 g/mol. The van der Waals surface area contributed by atoms with Crippen molar-refractivity contribution in [2.75, 3.05) is 0 Å². The molecule has 5 heteroatoms. The summed E-state index contributed by atoms with van der Waals surface area (Å²) in [6.45, 7) is 3.51. The largest absolute Gasteiger partial charge is 0.480 e. The van der Waals surface area contributed by atoms with Gasteiger partial charge < -0.3 is 15.2 Å². The first kappa shape index (κ1) is 13.4. The van der Waals surface area contributed by atoms with Crippen molar-refractivity contribution in [3.05, 3.63) is 29.8 Å². The maximum Gasteiger partial charge on any atom is 0.326 e. The number of rotatable bonds is 4. The summed E-state index contributed by atoms with van der Waals surface area (Å²) < 4.78 is 5.52. The number of benzene rings is 1. The minimum Gasteiger partial charge on any atom is -0.480 e. The number of nitrogens with one attached hydrogen (secondary N) is 1. The fourth-order valence-electron chi connectivity index (χ4n) is 2.09. The molecule has 0 bridgehead atoms. The maximum atomic E-state index is 12.0. The molecule has 0 spiro atoms. The van der Waals surface area contributed by atoms with Crippen LogP contribution in [0, 0.1) is 5.92 Å². The van der Waals surface area contributed by atoms with Gasteiger partial charge in [-0.3, -0.25) is 4.79 Å². The molecule has 1 aliphatic rings. The number of ether oxygens (including phenoxy) is 1. The van der Waals surface area contributed by atoms with E-state index in [1.807, 2.05) is 18.2 Å². The molecule has 0 aliphatic carbocycles. The van der Waals surface area contributed by atoms with Crippen molar-refractivity contribution in [1.29, 1.82) is 0 Å². The van der Waals surface area contributed by atoms with Gasteiger partial charge in [0.05, 0.1) is 0 Å². The molecule has 2 N–H and O–H groups in total. The Morgan fingerprint density at radius 1 is 1.37 bits per heavy atom. The summed E-state index contributed by atoms with van der Waals surface area (Å²) in [4.78, 5) is 23.1. The molecule has 0 fully saturated rings. The Morgan fingerprint density at radius 3 is 2.63 bits per heavy atom. The number of carboxylic acid groups (broad SMARTS) is 1. The van der Waals surface area contributed by atoms with Crippen LogP contribution >= 0.6 is 0 Å². The van der Waals surface area contributed by atoms with Crippen LogP contribution in [0.2, 0.25) is 0 Å². The molecule has 1 unspecified atom stereocenters. The summed E-state index contributed by atoms with van der Waals surface area (Å²) in [5, 5.41) is 11.6. The molecule has 1 aliphatic heterocycles. The van der Waals surface area contributed by atoms with Gasteiger partial charge in [-0.1, -0.05) is 32.0 Å². The zero-order valence-electron chi connectivity index (χ0n) is 10.9. The molecule has 2 atom stereocenters. The normalized spacial score (nSPS) is 18.6. The van der Waals surface area contributed by atoms with Crippen LogP contribution in [0.15, 0.2) is 24.3 Å². The van der Waals surface area contributed by atoms with Crippen molar-refractivity contribution in [3.8, 4) is 5.75 Å². The van der Waals surface area contributed by atoms with Crippen molar-refractivity contribution in [2.45, 2.75) is 32.4 Å². The summed E-state index contributed by atoms with van der Waals surface area (Å²) in [5.41, 5.74) is 0.971. The highest BCUT2D eigenvalue weighted by atomic mass is 16.5. The van der Waals surface area contributed by atoms with Crippen molar-refractivity contribution < 1.29 is 19.4 Å². The Balaban J connectivity index is 2.01. The van der Waals surface area contributed by atoms with E-state index in [4.69, 9.17) is 9.84 Å². The van der Waals surface area contributed by atoms with Crippen molar-refractivity contribution in [3.63, 3.8) is 0 Å². The fraction of sp³-hybridized carbons (Fsp3) is 0.429. The third kappa shape index (κ3) is 2.86. The van der Waals surface area contributed by atoms with E-state index in [0.717, 1.165) is 5.56 Å². The molecule has 1 amide bonds. The Kier molecular flexibility index (Phi) is 3.74. The number of hydrogen-bond acceptors (Lipinski definition) is 3. The zero-order chi connectivity index (χ0) is 14.0. The molecule has 0 saturated heterocycles. The van der Waals surface area contributed by atoms with Crippen LogP contribution < -0.4 is 10.1 Å². The van der Waals surface area contributed by atoms with Crippen LogP contribution in [0.1, 0.15) is 19.4 Å². The predicted octanol–water partition coefficient (Wildman–Crippen LogP) is 1.22. The first-order valence-corrected chi connectivity index (χ1v) is 6.26. The Hall–Kier alpha value is -2.04. The highest BCUT2D eigenvalue weighted by molar-refractivity contribution is 5.87. The van der Waals surface area contributed by atoms with Crippen molar-refractivity contribution in [1.82, 2.24) is 5.32 Å². The lowest BCUT2D eigenvalue weighted by molar-refractivity contribution is -0.144. The van der Waals surface area contributed by atoms with Gasteiger partial charge in [-0.25, -0.2) is 4.79 Å². The number of carbonyl (C=O) groups excluding carboxylic acids is 1. The average Bonchev–Trinajstić information content (AvgIpc) is 2.78. The maximum absolute atomic E-state index is 12.0. The molecular weight excluding hydrogens is 246 g/mol. The molecule has 5 nitrogen and oxygen atoms in total. The van der Waals surface area contributed by atoms with Crippen LogP contribution in [-0.4, -0.2) is 29.1 Å². The molecule has 1 aromatic carbocycles. The van der Waals surface area contributed by atoms with Gasteiger partial charge in [0.15, 0.2) is 6.10 Å². The van der Waals surface area contributed by atoms with Gasteiger partial charge in [0.25, 0.3) is 5.91 Å². The number of aliphatic carboxylic acids is 1.